The summed E-state index contributed by atoms with van der Waals surface area (Å²) in [5.74, 6) is -0.0168. The Hall–Kier alpha value is -1.45. The highest BCUT2D eigenvalue weighted by atomic mass is 35.5. The molecule has 0 atom stereocenters. The van der Waals surface area contributed by atoms with Crippen molar-refractivity contribution in [3.8, 4) is 16.9 Å². The first kappa shape index (κ1) is 13.0. The fourth-order valence-electron chi connectivity index (χ4n) is 1.60. The largest absolute Gasteiger partial charge is 0.495 e. The summed E-state index contributed by atoms with van der Waals surface area (Å²) in [5, 5.41) is 0.842. The second-order valence-corrected chi connectivity index (χ2v) is 4.52. The van der Waals surface area contributed by atoms with E-state index in [0.717, 1.165) is 0 Å². The SMILES string of the molecule is COc1cc(Cl)c(-c2ccc(N)c(F)c2)cc1Cl. The van der Waals surface area contributed by atoms with E-state index in [9.17, 15) is 4.39 Å². The molecule has 0 unspecified atom stereocenters. The van der Waals surface area contributed by atoms with Crippen molar-refractivity contribution in [2.24, 2.45) is 0 Å². The van der Waals surface area contributed by atoms with E-state index in [1.54, 1.807) is 18.2 Å². The van der Waals surface area contributed by atoms with Crippen LogP contribution in [0.2, 0.25) is 10.0 Å². The van der Waals surface area contributed by atoms with Crippen molar-refractivity contribution in [2.75, 3.05) is 12.8 Å². The Kier molecular flexibility index (Phi) is 3.64. The second kappa shape index (κ2) is 5.04. The highest BCUT2D eigenvalue weighted by Crippen LogP contribution is 2.37. The molecule has 2 rings (SSSR count). The molecule has 0 fully saturated rings. The highest BCUT2D eigenvalue weighted by Gasteiger charge is 2.11. The van der Waals surface area contributed by atoms with E-state index in [-0.39, 0.29) is 5.69 Å². The molecule has 94 valence electrons. The average Bonchev–Trinajstić information content (AvgIpc) is 2.35. The van der Waals surface area contributed by atoms with E-state index in [1.807, 2.05) is 0 Å². The standard InChI is InChI=1S/C13H10Cl2FNO/c1-18-13-6-9(14)8(5-10(13)15)7-2-3-12(17)11(16)4-7/h2-6H,17H2,1H3. The lowest BCUT2D eigenvalue weighted by atomic mass is 10.0. The maximum Gasteiger partial charge on any atom is 0.146 e. The van der Waals surface area contributed by atoms with Crippen LogP contribution in [-0.4, -0.2) is 7.11 Å². The summed E-state index contributed by atoms with van der Waals surface area (Å²) in [5.41, 5.74) is 6.75. The molecule has 5 heteroatoms. The van der Waals surface area contributed by atoms with Gasteiger partial charge in [0.15, 0.2) is 0 Å². The molecule has 0 radical (unpaired) electrons. The number of rotatable bonds is 2. The summed E-state index contributed by atoms with van der Waals surface area (Å²) < 4.78 is 18.5. The first-order valence-electron chi connectivity index (χ1n) is 5.11. The summed E-state index contributed by atoms with van der Waals surface area (Å²) in [4.78, 5) is 0. The lowest BCUT2D eigenvalue weighted by molar-refractivity contribution is 0.415. The molecule has 2 N–H and O–H groups in total. The van der Waals surface area contributed by atoms with Gasteiger partial charge in [-0.2, -0.15) is 0 Å². The zero-order valence-electron chi connectivity index (χ0n) is 9.51. The Morgan fingerprint density at radius 1 is 1.11 bits per heavy atom. The molecular formula is C13H10Cl2FNO. The van der Waals surface area contributed by atoms with E-state index in [0.29, 0.717) is 26.9 Å². The lowest BCUT2D eigenvalue weighted by Crippen LogP contribution is -1.91. The van der Waals surface area contributed by atoms with Gasteiger partial charge in [0.05, 0.1) is 22.8 Å². The molecule has 0 bridgehead atoms. The fraction of sp³-hybridized carbons (Fsp3) is 0.0769. The third-order valence-electron chi connectivity index (χ3n) is 2.55. The van der Waals surface area contributed by atoms with Gasteiger partial charge in [-0.3, -0.25) is 0 Å². The number of nitrogen functional groups attached to an aromatic ring is 1. The topological polar surface area (TPSA) is 35.2 Å². The van der Waals surface area contributed by atoms with Gasteiger partial charge in [-0.25, -0.2) is 4.39 Å². The van der Waals surface area contributed by atoms with Crippen molar-refractivity contribution in [3.05, 3.63) is 46.2 Å². The van der Waals surface area contributed by atoms with Crippen LogP contribution in [0.1, 0.15) is 0 Å². The number of ether oxygens (including phenoxy) is 1. The lowest BCUT2D eigenvalue weighted by Gasteiger charge is -2.09. The Bertz CT molecular complexity index is 602. The number of methoxy groups -OCH3 is 1. The normalized spacial score (nSPS) is 10.4. The predicted molar refractivity (Wildman–Crippen MR) is 72.8 cm³/mol. The van der Waals surface area contributed by atoms with Crippen molar-refractivity contribution in [3.63, 3.8) is 0 Å². The average molecular weight is 286 g/mol. The van der Waals surface area contributed by atoms with Gasteiger partial charge in [0, 0.05) is 11.6 Å². The number of benzene rings is 2. The highest BCUT2D eigenvalue weighted by molar-refractivity contribution is 6.36. The minimum Gasteiger partial charge on any atom is -0.495 e. The Balaban J connectivity index is 2.57. The van der Waals surface area contributed by atoms with Crippen LogP contribution < -0.4 is 10.5 Å². The zero-order valence-corrected chi connectivity index (χ0v) is 11.0. The number of hydrogen-bond donors (Lipinski definition) is 1. The Morgan fingerprint density at radius 2 is 1.83 bits per heavy atom. The number of anilines is 1. The molecule has 0 saturated carbocycles. The maximum atomic E-state index is 13.4. The first-order chi connectivity index (χ1) is 8.52. The molecule has 0 spiro atoms. The molecule has 2 aromatic carbocycles. The predicted octanol–water partition coefficient (Wildman–Crippen LogP) is 4.39. The number of halogens is 3. The Morgan fingerprint density at radius 3 is 2.44 bits per heavy atom. The molecule has 2 aromatic rings. The zero-order chi connectivity index (χ0) is 13.3. The molecule has 0 aliphatic heterocycles. The van der Waals surface area contributed by atoms with Gasteiger partial charge in [0.1, 0.15) is 11.6 Å². The van der Waals surface area contributed by atoms with Crippen molar-refractivity contribution >= 4 is 28.9 Å². The van der Waals surface area contributed by atoms with Crippen molar-refractivity contribution in [2.45, 2.75) is 0 Å². The van der Waals surface area contributed by atoms with Crippen molar-refractivity contribution < 1.29 is 9.13 Å². The summed E-state index contributed by atoms with van der Waals surface area (Å²) in [6.07, 6.45) is 0. The van der Waals surface area contributed by atoms with Gasteiger partial charge < -0.3 is 10.5 Å². The summed E-state index contributed by atoms with van der Waals surface area (Å²) in [6, 6.07) is 7.71. The van der Waals surface area contributed by atoms with Gasteiger partial charge >= 0.3 is 0 Å². The van der Waals surface area contributed by atoms with Crippen LogP contribution in [-0.2, 0) is 0 Å². The third-order valence-corrected chi connectivity index (χ3v) is 3.16. The van der Waals surface area contributed by atoms with Crippen LogP contribution in [0, 0.1) is 5.82 Å². The van der Waals surface area contributed by atoms with Gasteiger partial charge in [-0.1, -0.05) is 29.3 Å². The summed E-state index contributed by atoms with van der Waals surface area (Å²) in [7, 11) is 1.50. The van der Waals surface area contributed by atoms with Crippen LogP contribution in [0.4, 0.5) is 10.1 Å². The second-order valence-electron chi connectivity index (χ2n) is 3.70. The summed E-state index contributed by atoms with van der Waals surface area (Å²) >= 11 is 12.1. The van der Waals surface area contributed by atoms with Crippen LogP contribution in [0.25, 0.3) is 11.1 Å². The van der Waals surface area contributed by atoms with Crippen LogP contribution in [0.5, 0.6) is 5.75 Å². The fourth-order valence-corrected chi connectivity index (χ4v) is 2.10. The molecule has 0 heterocycles. The van der Waals surface area contributed by atoms with E-state index >= 15 is 0 Å². The molecule has 2 nitrogen and oxygen atoms in total. The molecule has 0 amide bonds. The molecule has 0 aromatic heterocycles. The van der Waals surface area contributed by atoms with Gasteiger partial charge in [-0.05, 0) is 23.8 Å². The van der Waals surface area contributed by atoms with Crippen LogP contribution in [0.15, 0.2) is 30.3 Å². The third kappa shape index (κ3) is 2.37. The quantitative estimate of drug-likeness (QED) is 0.831. The Labute approximate surface area is 114 Å². The van der Waals surface area contributed by atoms with E-state index in [1.165, 1.54) is 19.2 Å². The minimum absolute atomic E-state index is 0.0921. The van der Waals surface area contributed by atoms with E-state index < -0.39 is 5.82 Å². The molecule has 0 aliphatic rings. The first-order valence-corrected chi connectivity index (χ1v) is 5.87. The van der Waals surface area contributed by atoms with Crippen LogP contribution in [0.3, 0.4) is 0 Å². The van der Waals surface area contributed by atoms with Gasteiger partial charge in [0.2, 0.25) is 0 Å². The molecular weight excluding hydrogens is 276 g/mol. The smallest absolute Gasteiger partial charge is 0.146 e. The monoisotopic (exact) mass is 285 g/mol. The van der Waals surface area contributed by atoms with Crippen molar-refractivity contribution in [1.82, 2.24) is 0 Å². The summed E-state index contributed by atoms with van der Waals surface area (Å²) in [6.45, 7) is 0. The number of hydrogen-bond acceptors (Lipinski definition) is 2. The molecule has 18 heavy (non-hydrogen) atoms. The molecule has 0 aliphatic carbocycles. The van der Waals surface area contributed by atoms with E-state index in [2.05, 4.69) is 0 Å². The molecule has 0 saturated heterocycles. The number of nitrogens with two attached hydrogens (primary N) is 1. The van der Waals surface area contributed by atoms with Gasteiger partial charge in [-0.15, -0.1) is 0 Å². The minimum atomic E-state index is -0.490. The van der Waals surface area contributed by atoms with E-state index in [4.69, 9.17) is 33.7 Å². The van der Waals surface area contributed by atoms with Crippen molar-refractivity contribution in [1.29, 1.82) is 0 Å². The van der Waals surface area contributed by atoms with Crippen LogP contribution >= 0.6 is 23.2 Å². The van der Waals surface area contributed by atoms with Gasteiger partial charge in [0.25, 0.3) is 0 Å². The maximum absolute atomic E-state index is 13.4.